The number of fused-ring (bicyclic) bond motifs is 1. The second-order valence-electron chi connectivity index (χ2n) is 6.00. The maximum Gasteiger partial charge on any atom is 0.351 e. The Morgan fingerprint density at radius 3 is 2.42 bits per heavy atom. The standard InChI is InChI=1S/C20H20O6/c1-12(21)14-8-9-16(23-3)15(10-14)11-24-20(22)19-13(2)25-17-6-4-5-7-18(17)26-19/h4-10,13,19H,11H2,1-3H3/t13-,19+/m1/s1. The average molecular weight is 356 g/mol. The number of hydrogen-bond donors (Lipinski definition) is 0. The monoisotopic (exact) mass is 356 g/mol. The van der Waals surface area contributed by atoms with Crippen molar-refractivity contribution in [1.29, 1.82) is 0 Å². The lowest BCUT2D eigenvalue weighted by Gasteiger charge is -2.30. The highest BCUT2D eigenvalue weighted by Crippen LogP contribution is 2.34. The summed E-state index contributed by atoms with van der Waals surface area (Å²) in [6.45, 7) is 3.19. The highest BCUT2D eigenvalue weighted by molar-refractivity contribution is 5.94. The Kier molecular flexibility index (Phi) is 5.11. The van der Waals surface area contributed by atoms with E-state index in [2.05, 4.69) is 0 Å². The number of benzene rings is 2. The fourth-order valence-corrected chi connectivity index (χ4v) is 2.72. The van der Waals surface area contributed by atoms with Crippen LogP contribution in [0.3, 0.4) is 0 Å². The van der Waals surface area contributed by atoms with E-state index in [1.165, 1.54) is 14.0 Å². The Labute approximate surface area is 151 Å². The molecule has 1 heterocycles. The number of methoxy groups -OCH3 is 1. The van der Waals surface area contributed by atoms with Crippen LogP contribution in [0.1, 0.15) is 29.8 Å². The second-order valence-corrected chi connectivity index (χ2v) is 6.00. The molecule has 0 radical (unpaired) electrons. The van der Waals surface area contributed by atoms with Crippen molar-refractivity contribution in [3.05, 3.63) is 53.6 Å². The maximum atomic E-state index is 12.5. The lowest BCUT2D eigenvalue weighted by atomic mass is 10.1. The number of ketones is 1. The summed E-state index contributed by atoms with van der Waals surface area (Å²) in [5.41, 5.74) is 1.13. The summed E-state index contributed by atoms with van der Waals surface area (Å²) < 4.78 is 22.1. The number of rotatable bonds is 5. The maximum absolute atomic E-state index is 12.5. The van der Waals surface area contributed by atoms with Gasteiger partial charge in [0.05, 0.1) is 7.11 Å². The van der Waals surface area contributed by atoms with Crippen molar-refractivity contribution in [3.63, 3.8) is 0 Å². The molecule has 0 spiro atoms. The third-order valence-corrected chi connectivity index (χ3v) is 4.13. The minimum atomic E-state index is -0.869. The topological polar surface area (TPSA) is 71.1 Å². The van der Waals surface area contributed by atoms with E-state index >= 15 is 0 Å². The molecule has 0 fully saturated rings. The van der Waals surface area contributed by atoms with Crippen LogP contribution in [-0.2, 0) is 16.1 Å². The lowest BCUT2D eigenvalue weighted by molar-refractivity contribution is -0.159. The normalized spacial score (nSPS) is 18.1. The van der Waals surface area contributed by atoms with E-state index in [0.29, 0.717) is 28.4 Å². The Morgan fingerprint density at radius 1 is 1.08 bits per heavy atom. The molecule has 0 unspecified atom stereocenters. The number of Topliss-reactive ketones (excluding diaryl/α,β-unsaturated/α-hetero) is 1. The molecule has 2 atom stereocenters. The molecule has 0 aliphatic carbocycles. The predicted octanol–water partition coefficient (Wildman–Crippen LogP) is 3.17. The minimum Gasteiger partial charge on any atom is -0.496 e. The van der Waals surface area contributed by atoms with E-state index in [4.69, 9.17) is 18.9 Å². The molecule has 0 N–H and O–H groups in total. The Balaban J connectivity index is 1.71. The van der Waals surface area contributed by atoms with Crippen LogP contribution in [0.2, 0.25) is 0 Å². The van der Waals surface area contributed by atoms with Crippen LogP contribution >= 0.6 is 0 Å². The number of esters is 1. The molecular weight excluding hydrogens is 336 g/mol. The van der Waals surface area contributed by atoms with E-state index in [0.717, 1.165) is 0 Å². The van der Waals surface area contributed by atoms with Gasteiger partial charge in [-0.15, -0.1) is 0 Å². The average Bonchev–Trinajstić information content (AvgIpc) is 2.65. The van der Waals surface area contributed by atoms with Crippen molar-refractivity contribution in [2.24, 2.45) is 0 Å². The van der Waals surface area contributed by atoms with Gasteiger partial charge in [-0.2, -0.15) is 0 Å². The fraction of sp³-hybridized carbons (Fsp3) is 0.300. The molecule has 0 saturated heterocycles. The molecule has 136 valence electrons. The number of carbonyl (C=O) groups excluding carboxylic acids is 2. The molecular formula is C20H20O6. The molecule has 0 bridgehead atoms. The first-order chi connectivity index (χ1) is 12.5. The third kappa shape index (κ3) is 3.64. The van der Waals surface area contributed by atoms with E-state index in [-0.39, 0.29) is 12.4 Å². The molecule has 2 aromatic rings. The second kappa shape index (κ2) is 7.47. The third-order valence-electron chi connectivity index (χ3n) is 4.13. The number of ether oxygens (including phenoxy) is 4. The molecule has 6 nitrogen and oxygen atoms in total. The van der Waals surface area contributed by atoms with Gasteiger partial charge < -0.3 is 18.9 Å². The minimum absolute atomic E-state index is 0.0304. The van der Waals surface area contributed by atoms with Crippen molar-refractivity contribution in [1.82, 2.24) is 0 Å². The SMILES string of the molecule is COc1ccc(C(C)=O)cc1COC(=O)[C@H]1Oc2ccccc2O[C@@H]1C. The van der Waals surface area contributed by atoms with Gasteiger partial charge >= 0.3 is 5.97 Å². The highest BCUT2D eigenvalue weighted by atomic mass is 16.6. The Morgan fingerprint density at radius 2 is 1.77 bits per heavy atom. The zero-order valence-electron chi connectivity index (χ0n) is 14.9. The summed E-state index contributed by atoms with van der Waals surface area (Å²) in [5.74, 6) is 1.03. The van der Waals surface area contributed by atoms with Crippen molar-refractivity contribution in [3.8, 4) is 17.2 Å². The van der Waals surface area contributed by atoms with Gasteiger partial charge in [0.2, 0.25) is 6.10 Å². The van der Waals surface area contributed by atoms with Gasteiger partial charge in [-0.25, -0.2) is 4.79 Å². The van der Waals surface area contributed by atoms with Crippen LogP contribution in [0.4, 0.5) is 0 Å². The summed E-state index contributed by atoms with van der Waals surface area (Å²) in [4.78, 5) is 24.0. The van der Waals surface area contributed by atoms with Crippen LogP contribution < -0.4 is 14.2 Å². The van der Waals surface area contributed by atoms with Gasteiger partial charge in [0, 0.05) is 11.1 Å². The van der Waals surface area contributed by atoms with Crippen LogP contribution in [0.5, 0.6) is 17.2 Å². The summed E-state index contributed by atoms with van der Waals surface area (Å²) in [6.07, 6.45) is -1.35. The summed E-state index contributed by atoms with van der Waals surface area (Å²) >= 11 is 0. The lowest BCUT2D eigenvalue weighted by Crippen LogP contribution is -2.44. The quantitative estimate of drug-likeness (QED) is 0.605. The zero-order chi connectivity index (χ0) is 18.7. The van der Waals surface area contributed by atoms with Crippen LogP contribution in [0.15, 0.2) is 42.5 Å². The molecule has 1 aliphatic rings. The van der Waals surface area contributed by atoms with Crippen LogP contribution in [-0.4, -0.2) is 31.1 Å². The Hall–Kier alpha value is -3.02. The van der Waals surface area contributed by atoms with Crippen LogP contribution in [0, 0.1) is 0 Å². The largest absolute Gasteiger partial charge is 0.496 e. The van der Waals surface area contributed by atoms with Crippen molar-refractivity contribution in [2.45, 2.75) is 32.7 Å². The molecule has 26 heavy (non-hydrogen) atoms. The van der Waals surface area contributed by atoms with Crippen LogP contribution in [0.25, 0.3) is 0 Å². The number of para-hydroxylation sites is 2. The Bertz CT molecular complexity index is 829. The van der Waals surface area contributed by atoms with E-state index in [9.17, 15) is 9.59 Å². The van der Waals surface area contributed by atoms with Crippen molar-refractivity contribution >= 4 is 11.8 Å². The highest BCUT2D eigenvalue weighted by Gasteiger charge is 2.35. The molecule has 0 saturated carbocycles. The molecule has 3 rings (SSSR count). The van der Waals surface area contributed by atoms with Gasteiger partial charge in [-0.1, -0.05) is 12.1 Å². The smallest absolute Gasteiger partial charge is 0.351 e. The first-order valence-electron chi connectivity index (χ1n) is 8.26. The molecule has 0 aromatic heterocycles. The summed E-state index contributed by atoms with van der Waals surface area (Å²) in [7, 11) is 1.52. The molecule has 2 aromatic carbocycles. The first-order valence-corrected chi connectivity index (χ1v) is 8.26. The van der Waals surface area contributed by atoms with E-state index in [1.54, 1.807) is 43.3 Å². The van der Waals surface area contributed by atoms with Gasteiger partial charge in [0.1, 0.15) is 18.5 Å². The fourth-order valence-electron chi connectivity index (χ4n) is 2.72. The number of hydrogen-bond acceptors (Lipinski definition) is 6. The van der Waals surface area contributed by atoms with Crippen molar-refractivity contribution in [2.75, 3.05) is 7.11 Å². The summed E-state index contributed by atoms with van der Waals surface area (Å²) in [6, 6.07) is 12.2. The number of carbonyl (C=O) groups is 2. The summed E-state index contributed by atoms with van der Waals surface area (Å²) in [5, 5.41) is 0. The van der Waals surface area contributed by atoms with E-state index in [1.807, 2.05) is 6.07 Å². The zero-order valence-corrected chi connectivity index (χ0v) is 14.9. The van der Waals surface area contributed by atoms with Crippen molar-refractivity contribution < 1.29 is 28.5 Å². The van der Waals surface area contributed by atoms with Gasteiger partial charge in [0.15, 0.2) is 17.3 Å². The molecule has 6 heteroatoms. The molecule has 0 amide bonds. The van der Waals surface area contributed by atoms with Gasteiger partial charge in [0.25, 0.3) is 0 Å². The predicted molar refractivity (Wildman–Crippen MR) is 93.7 cm³/mol. The first kappa shape index (κ1) is 17.8. The molecule has 1 aliphatic heterocycles. The van der Waals surface area contributed by atoms with Gasteiger partial charge in [-0.3, -0.25) is 4.79 Å². The van der Waals surface area contributed by atoms with Gasteiger partial charge in [-0.05, 0) is 44.2 Å². The van der Waals surface area contributed by atoms with E-state index < -0.39 is 18.2 Å².